The first-order valence-corrected chi connectivity index (χ1v) is 9.54. The van der Waals surface area contributed by atoms with Gasteiger partial charge < -0.3 is 16.2 Å². The number of aromatic hydroxyl groups is 1. The molecular formula is C20H22Cl2N4O. The van der Waals surface area contributed by atoms with Crippen molar-refractivity contribution in [3.63, 3.8) is 0 Å². The molecule has 5 nitrogen and oxygen atoms in total. The minimum Gasteiger partial charge on any atom is -0.507 e. The number of nitrogens with one attached hydrogen (secondary N) is 1. The van der Waals surface area contributed by atoms with E-state index in [9.17, 15) is 5.11 Å². The molecule has 0 aliphatic rings. The molecule has 1 aromatic heterocycles. The Balaban J connectivity index is 2.04. The van der Waals surface area contributed by atoms with Crippen LogP contribution < -0.4 is 11.1 Å². The Labute approximate surface area is 168 Å². The van der Waals surface area contributed by atoms with Gasteiger partial charge in [-0.1, -0.05) is 37.0 Å². The van der Waals surface area contributed by atoms with Gasteiger partial charge in [0.2, 0.25) is 0 Å². The minimum absolute atomic E-state index is 0.00257. The first-order chi connectivity index (χ1) is 12.8. The molecule has 0 radical (unpaired) electrons. The van der Waals surface area contributed by atoms with Gasteiger partial charge >= 0.3 is 0 Å². The maximum Gasteiger partial charge on any atom is 0.165 e. The molecule has 0 aliphatic carbocycles. The van der Waals surface area contributed by atoms with E-state index in [0.29, 0.717) is 45.2 Å². The fourth-order valence-corrected chi connectivity index (χ4v) is 3.30. The number of benzene rings is 2. The van der Waals surface area contributed by atoms with Gasteiger partial charge in [0.1, 0.15) is 11.6 Å². The van der Waals surface area contributed by atoms with Crippen LogP contribution in [-0.4, -0.2) is 27.7 Å². The lowest BCUT2D eigenvalue weighted by Crippen LogP contribution is -2.30. The first kappa shape index (κ1) is 19.7. The summed E-state index contributed by atoms with van der Waals surface area (Å²) in [6.07, 6.45) is 0.901. The zero-order valence-electron chi connectivity index (χ0n) is 15.2. The molecule has 0 aliphatic heterocycles. The number of phenols is 1. The first-order valence-electron chi connectivity index (χ1n) is 8.79. The van der Waals surface area contributed by atoms with Crippen molar-refractivity contribution in [1.82, 2.24) is 9.97 Å². The van der Waals surface area contributed by atoms with Gasteiger partial charge in [-0.3, -0.25) is 0 Å². The zero-order chi connectivity index (χ0) is 19.6. The third kappa shape index (κ3) is 4.80. The molecule has 0 saturated carbocycles. The van der Waals surface area contributed by atoms with E-state index in [2.05, 4.69) is 29.1 Å². The summed E-state index contributed by atoms with van der Waals surface area (Å²) in [5, 5.41) is 15.4. The number of rotatable bonds is 6. The Morgan fingerprint density at radius 1 is 1.07 bits per heavy atom. The highest BCUT2D eigenvalue weighted by Crippen LogP contribution is 2.33. The summed E-state index contributed by atoms with van der Waals surface area (Å²) in [7, 11) is 0. The molecule has 2 aromatic carbocycles. The maximum atomic E-state index is 10.2. The van der Waals surface area contributed by atoms with Crippen molar-refractivity contribution in [2.45, 2.75) is 26.3 Å². The number of nitrogens with two attached hydrogens (primary N) is 1. The van der Waals surface area contributed by atoms with Gasteiger partial charge in [-0.05, 0) is 48.7 Å². The third-order valence-electron chi connectivity index (χ3n) is 4.16. The van der Waals surface area contributed by atoms with E-state index >= 15 is 0 Å². The van der Waals surface area contributed by atoms with Crippen LogP contribution in [0.5, 0.6) is 5.75 Å². The van der Waals surface area contributed by atoms with Crippen LogP contribution in [0, 0.1) is 5.92 Å². The van der Waals surface area contributed by atoms with Crippen LogP contribution >= 0.6 is 23.2 Å². The van der Waals surface area contributed by atoms with Crippen molar-refractivity contribution in [3.05, 3.63) is 46.4 Å². The standard InChI is InChI=1S/C20H22Cl2N4O/c1-11(2)7-14(23)10-24-19-15-8-12(21)3-5-17(15)25-20(26-19)16-9-13(22)4-6-18(16)27/h3-6,8-9,11,14,27H,7,10,23H2,1-2H3,(H,24,25,26)/t14-/m1/s1. The summed E-state index contributed by atoms with van der Waals surface area (Å²) in [6, 6.07) is 10.2. The molecule has 3 rings (SSSR count). The highest BCUT2D eigenvalue weighted by molar-refractivity contribution is 6.31. The lowest BCUT2D eigenvalue weighted by molar-refractivity contribution is 0.477. The van der Waals surface area contributed by atoms with E-state index in [4.69, 9.17) is 28.9 Å². The summed E-state index contributed by atoms with van der Waals surface area (Å²) in [6.45, 7) is 4.84. The van der Waals surface area contributed by atoms with Gasteiger partial charge in [0.25, 0.3) is 0 Å². The largest absolute Gasteiger partial charge is 0.507 e. The van der Waals surface area contributed by atoms with Crippen molar-refractivity contribution in [3.8, 4) is 17.1 Å². The van der Waals surface area contributed by atoms with E-state index in [1.54, 1.807) is 18.2 Å². The number of fused-ring (bicyclic) bond motifs is 1. The molecule has 1 atom stereocenters. The Bertz CT molecular complexity index is 962. The summed E-state index contributed by atoms with van der Waals surface area (Å²) >= 11 is 12.2. The van der Waals surface area contributed by atoms with E-state index in [0.717, 1.165) is 11.8 Å². The van der Waals surface area contributed by atoms with Gasteiger partial charge in [-0.15, -0.1) is 0 Å². The average Bonchev–Trinajstić information content (AvgIpc) is 2.61. The molecule has 1 heterocycles. The van der Waals surface area contributed by atoms with E-state index in [1.807, 2.05) is 12.1 Å². The second kappa shape index (κ2) is 8.30. The lowest BCUT2D eigenvalue weighted by Gasteiger charge is -2.17. The molecule has 0 unspecified atom stereocenters. The number of nitrogens with zero attached hydrogens (tertiary/aromatic N) is 2. The van der Waals surface area contributed by atoms with Crippen LogP contribution in [0.15, 0.2) is 36.4 Å². The van der Waals surface area contributed by atoms with Gasteiger partial charge in [0.15, 0.2) is 5.82 Å². The predicted octanol–water partition coefficient (Wildman–Crippen LogP) is 5.09. The highest BCUT2D eigenvalue weighted by Gasteiger charge is 2.14. The van der Waals surface area contributed by atoms with Crippen LogP contribution in [0.4, 0.5) is 5.82 Å². The van der Waals surface area contributed by atoms with Crippen molar-refractivity contribution in [2.24, 2.45) is 11.7 Å². The third-order valence-corrected chi connectivity index (χ3v) is 4.63. The Morgan fingerprint density at radius 2 is 1.78 bits per heavy atom. The fourth-order valence-electron chi connectivity index (χ4n) is 2.96. The zero-order valence-corrected chi connectivity index (χ0v) is 16.7. The van der Waals surface area contributed by atoms with E-state index in [-0.39, 0.29) is 11.8 Å². The molecular weight excluding hydrogens is 383 g/mol. The quantitative estimate of drug-likeness (QED) is 0.532. The summed E-state index contributed by atoms with van der Waals surface area (Å²) in [4.78, 5) is 9.18. The molecule has 0 bridgehead atoms. The Hall–Kier alpha value is -2.08. The lowest BCUT2D eigenvalue weighted by atomic mass is 10.0. The number of halogens is 2. The predicted molar refractivity (Wildman–Crippen MR) is 113 cm³/mol. The molecule has 4 N–H and O–H groups in total. The van der Waals surface area contributed by atoms with Crippen LogP contribution in [0.2, 0.25) is 10.0 Å². The normalized spacial score (nSPS) is 12.5. The minimum atomic E-state index is -0.00257. The molecule has 3 aromatic rings. The molecule has 142 valence electrons. The van der Waals surface area contributed by atoms with Crippen molar-refractivity contribution in [2.75, 3.05) is 11.9 Å². The Morgan fingerprint density at radius 3 is 2.52 bits per heavy atom. The summed E-state index contributed by atoms with van der Waals surface area (Å²) in [5.74, 6) is 1.58. The highest BCUT2D eigenvalue weighted by atomic mass is 35.5. The summed E-state index contributed by atoms with van der Waals surface area (Å²) in [5.41, 5.74) is 7.38. The van der Waals surface area contributed by atoms with Gasteiger partial charge in [-0.25, -0.2) is 9.97 Å². The van der Waals surface area contributed by atoms with Crippen LogP contribution in [0.3, 0.4) is 0 Å². The SMILES string of the molecule is CC(C)C[C@@H](N)CNc1nc(-c2cc(Cl)ccc2O)nc2ccc(Cl)cc12. The van der Waals surface area contributed by atoms with Crippen LogP contribution in [-0.2, 0) is 0 Å². The average molecular weight is 405 g/mol. The maximum absolute atomic E-state index is 10.2. The van der Waals surface area contributed by atoms with E-state index < -0.39 is 0 Å². The van der Waals surface area contributed by atoms with Crippen LogP contribution in [0.25, 0.3) is 22.3 Å². The van der Waals surface area contributed by atoms with Crippen molar-refractivity contribution >= 4 is 39.9 Å². The number of aromatic nitrogens is 2. The Kier molecular flexibility index (Phi) is 6.05. The van der Waals surface area contributed by atoms with Crippen molar-refractivity contribution in [1.29, 1.82) is 0 Å². The van der Waals surface area contributed by atoms with Crippen molar-refractivity contribution < 1.29 is 5.11 Å². The smallest absolute Gasteiger partial charge is 0.165 e. The van der Waals surface area contributed by atoms with Gasteiger partial charge in [0.05, 0.1) is 11.1 Å². The summed E-state index contributed by atoms with van der Waals surface area (Å²) < 4.78 is 0. The monoisotopic (exact) mass is 404 g/mol. The number of hydrogen-bond acceptors (Lipinski definition) is 5. The molecule has 27 heavy (non-hydrogen) atoms. The molecule has 0 amide bonds. The van der Waals surface area contributed by atoms with Gasteiger partial charge in [-0.2, -0.15) is 0 Å². The van der Waals surface area contributed by atoms with E-state index in [1.165, 1.54) is 6.07 Å². The second-order valence-corrected chi connectivity index (χ2v) is 7.86. The number of phenolic OH excluding ortho intramolecular Hbond substituents is 1. The molecule has 0 saturated heterocycles. The van der Waals surface area contributed by atoms with Gasteiger partial charge in [0, 0.05) is 28.0 Å². The topological polar surface area (TPSA) is 84.1 Å². The fraction of sp³-hybridized carbons (Fsp3) is 0.300. The molecule has 0 spiro atoms. The second-order valence-electron chi connectivity index (χ2n) is 6.99. The van der Waals surface area contributed by atoms with Crippen LogP contribution in [0.1, 0.15) is 20.3 Å². The molecule has 0 fully saturated rings. The molecule has 7 heteroatoms. The number of hydrogen-bond donors (Lipinski definition) is 3. The number of anilines is 1.